The maximum absolute atomic E-state index is 11.3. The monoisotopic (exact) mass is 237 g/mol. The number of rotatable bonds is 3. The molecule has 0 fully saturated rings. The van der Waals surface area contributed by atoms with Crippen molar-refractivity contribution in [1.29, 1.82) is 5.26 Å². The minimum atomic E-state index is -3.57. The van der Waals surface area contributed by atoms with Crippen molar-refractivity contribution in [2.45, 2.75) is 0 Å². The first-order valence-electron chi connectivity index (χ1n) is 4.43. The highest BCUT2D eigenvalue weighted by Crippen LogP contribution is 2.02. The van der Waals surface area contributed by atoms with Gasteiger partial charge in [-0.3, -0.25) is 0 Å². The summed E-state index contributed by atoms with van der Waals surface area (Å²) >= 11 is 0. The van der Waals surface area contributed by atoms with Crippen molar-refractivity contribution >= 4 is 16.4 Å². The molecule has 0 aromatic heterocycles. The fourth-order valence-corrected chi connectivity index (χ4v) is 1.31. The molecule has 0 aliphatic rings. The van der Waals surface area contributed by atoms with Crippen molar-refractivity contribution in [3.8, 4) is 6.07 Å². The van der Waals surface area contributed by atoms with Gasteiger partial charge in [0, 0.05) is 20.3 Å². The average molecular weight is 237 g/mol. The number of benzene rings is 1. The van der Waals surface area contributed by atoms with Crippen molar-refractivity contribution < 1.29 is 8.42 Å². The summed E-state index contributed by atoms with van der Waals surface area (Å²) < 4.78 is 27.1. The van der Waals surface area contributed by atoms with Crippen molar-refractivity contribution in [1.82, 2.24) is 4.31 Å². The van der Waals surface area contributed by atoms with Crippen molar-refractivity contribution in [3.63, 3.8) is 0 Å². The average Bonchev–Trinajstić information content (AvgIpc) is 2.27. The van der Waals surface area contributed by atoms with Gasteiger partial charge in [-0.1, -0.05) is 12.1 Å². The summed E-state index contributed by atoms with van der Waals surface area (Å²) in [7, 11) is -0.758. The van der Waals surface area contributed by atoms with Gasteiger partial charge < -0.3 is 0 Å². The molecule has 84 valence electrons. The van der Waals surface area contributed by atoms with E-state index in [1.54, 1.807) is 24.3 Å². The van der Waals surface area contributed by atoms with Crippen LogP contribution in [0.25, 0.3) is 0 Å². The SMILES string of the molecule is CN(C)S(=O)(=O)/N=C/c1ccc(C#N)cc1. The third kappa shape index (κ3) is 3.15. The van der Waals surface area contributed by atoms with Crippen LogP contribution in [0, 0.1) is 11.3 Å². The fraction of sp³-hybridized carbons (Fsp3) is 0.200. The third-order valence-corrected chi connectivity index (χ3v) is 3.13. The summed E-state index contributed by atoms with van der Waals surface area (Å²) in [5, 5.41) is 8.57. The van der Waals surface area contributed by atoms with Crippen LogP contribution in [0.3, 0.4) is 0 Å². The van der Waals surface area contributed by atoms with Gasteiger partial charge in [-0.05, 0) is 17.7 Å². The van der Waals surface area contributed by atoms with E-state index < -0.39 is 10.2 Å². The Balaban J connectivity index is 2.90. The highest BCUT2D eigenvalue weighted by molar-refractivity contribution is 7.87. The predicted octanol–water partition coefficient (Wildman–Crippen LogP) is 0.784. The molecule has 0 amide bonds. The van der Waals surface area contributed by atoms with E-state index in [9.17, 15) is 8.42 Å². The minimum absolute atomic E-state index is 0.521. The first kappa shape index (κ1) is 12.4. The lowest BCUT2D eigenvalue weighted by Gasteiger charge is -2.04. The molecule has 1 aromatic rings. The van der Waals surface area contributed by atoms with Gasteiger partial charge in [0.05, 0.1) is 11.6 Å². The molecular weight excluding hydrogens is 226 g/mol. The van der Waals surface area contributed by atoms with E-state index in [4.69, 9.17) is 5.26 Å². The zero-order valence-corrected chi connectivity index (χ0v) is 9.77. The summed E-state index contributed by atoms with van der Waals surface area (Å²) in [6, 6.07) is 8.44. The molecule has 1 rings (SSSR count). The van der Waals surface area contributed by atoms with Crippen LogP contribution in [0.15, 0.2) is 28.7 Å². The smallest absolute Gasteiger partial charge is 0.192 e. The lowest BCUT2D eigenvalue weighted by molar-refractivity contribution is 0.523. The second-order valence-corrected chi connectivity index (χ2v) is 5.07. The first-order valence-corrected chi connectivity index (χ1v) is 5.83. The zero-order valence-electron chi connectivity index (χ0n) is 8.95. The van der Waals surface area contributed by atoms with Crippen LogP contribution < -0.4 is 0 Å². The Morgan fingerprint density at radius 3 is 2.31 bits per heavy atom. The highest BCUT2D eigenvalue weighted by Gasteiger charge is 2.08. The number of hydrogen-bond donors (Lipinski definition) is 0. The lowest BCUT2D eigenvalue weighted by Crippen LogP contribution is -2.19. The van der Waals surface area contributed by atoms with E-state index in [0.29, 0.717) is 11.1 Å². The minimum Gasteiger partial charge on any atom is -0.192 e. The van der Waals surface area contributed by atoms with Crippen LogP contribution in [0.4, 0.5) is 0 Å². The Hall–Kier alpha value is -1.71. The summed E-state index contributed by atoms with van der Waals surface area (Å²) in [6.45, 7) is 0. The van der Waals surface area contributed by atoms with Gasteiger partial charge in [0.2, 0.25) is 0 Å². The van der Waals surface area contributed by atoms with Crippen LogP contribution in [0.5, 0.6) is 0 Å². The molecule has 0 saturated heterocycles. The van der Waals surface area contributed by atoms with Gasteiger partial charge in [0.1, 0.15) is 0 Å². The van der Waals surface area contributed by atoms with Crippen molar-refractivity contribution in [2.75, 3.05) is 14.1 Å². The Morgan fingerprint density at radius 1 is 1.31 bits per heavy atom. The van der Waals surface area contributed by atoms with E-state index in [1.165, 1.54) is 20.3 Å². The predicted molar refractivity (Wildman–Crippen MR) is 61.4 cm³/mol. The van der Waals surface area contributed by atoms with Crippen molar-refractivity contribution in [2.24, 2.45) is 4.40 Å². The molecule has 0 bridgehead atoms. The van der Waals surface area contributed by atoms with Crippen LogP contribution in [0.1, 0.15) is 11.1 Å². The number of hydrogen-bond acceptors (Lipinski definition) is 3. The highest BCUT2D eigenvalue weighted by atomic mass is 32.2. The maximum atomic E-state index is 11.3. The lowest BCUT2D eigenvalue weighted by atomic mass is 10.2. The van der Waals surface area contributed by atoms with E-state index >= 15 is 0 Å². The molecule has 0 saturated carbocycles. The molecule has 0 atom stereocenters. The number of nitrogens with zero attached hydrogens (tertiary/aromatic N) is 3. The molecule has 0 aliphatic heterocycles. The second-order valence-electron chi connectivity index (χ2n) is 3.23. The normalized spacial score (nSPS) is 11.9. The van der Waals surface area contributed by atoms with Gasteiger partial charge in [-0.25, -0.2) is 0 Å². The molecule has 0 radical (unpaired) electrons. The second kappa shape index (κ2) is 4.88. The van der Waals surface area contributed by atoms with E-state index in [1.807, 2.05) is 6.07 Å². The van der Waals surface area contributed by atoms with E-state index in [-0.39, 0.29) is 0 Å². The summed E-state index contributed by atoms with van der Waals surface area (Å²) in [6.07, 6.45) is 1.25. The van der Waals surface area contributed by atoms with E-state index in [0.717, 1.165) is 4.31 Å². The fourth-order valence-electron chi connectivity index (χ4n) is 0.865. The van der Waals surface area contributed by atoms with Gasteiger partial charge in [-0.15, -0.1) is 0 Å². The standard InChI is InChI=1S/C10H11N3O2S/c1-13(2)16(14,15)12-8-10-5-3-9(7-11)4-6-10/h3-6,8H,1-2H3/b12-8+. The maximum Gasteiger partial charge on any atom is 0.321 e. The van der Waals surface area contributed by atoms with Crippen LogP contribution in [-0.2, 0) is 10.2 Å². The quantitative estimate of drug-likeness (QED) is 0.729. The topological polar surface area (TPSA) is 73.5 Å². The van der Waals surface area contributed by atoms with Gasteiger partial charge in [-0.2, -0.15) is 22.4 Å². The van der Waals surface area contributed by atoms with Gasteiger partial charge in [0.15, 0.2) is 0 Å². The summed E-state index contributed by atoms with van der Waals surface area (Å²) in [4.78, 5) is 0. The Bertz CT molecular complexity index is 524. The Labute approximate surface area is 94.8 Å². The molecule has 0 aliphatic carbocycles. The van der Waals surface area contributed by atoms with Crippen LogP contribution in [-0.4, -0.2) is 33.0 Å². The van der Waals surface area contributed by atoms with Gasteiger partial charge in [0.25, 0.3) is 0 Å². The molecule has 0 unspecified atom stereocenters. The van der Waals surface area contributed by atoms with Crippen LogP contribution >= 0.6 is 0 Å². The molecule has 0 N–H and O–H groups in total. The Morgan fingerprint density at radius 2 is 1.88 bits per heavy atom. The Kier molecular flexibility index (Phi) is 3.77. The number of nitriles is 1. The zero-order chi connectivity index (χ0) is 12.2. The largest absolute Gasteiger partial charge is 0.321 e. The molecule has 1 aromatic carbocycles. The molecule has 16 heavy (non-hydrogen) atoms. The molecule has 5 nitrogen and oxygen atoms in total. The summed E-state index contributed by atoms with van der Waals surface area (Å²) in [5.74, 6) is 0. The first-order chi connectivity index (χ1) is 7.45. The molecule has 6 heteroatoms. The third-order valence-electron chi connectivity index (χ3n) is 1.84. The molecular formula is C10H11N3O2S. The van der Waals surface area contributed by atoms with Gasteiger partial charge >= 0.3 is 10.2 Å². The van der Waals surface area contributed by atoms with E-state index in [2.05, 4.69) is 4.40 Å². The van der Waals surface area contributed by atoms with Crippen LogP contribution in [0.2, 0.25) is 0 Å². The molecule has 0 heterocycles. The van der Waals surface area contributed by atoms with Crippen molar-refractivity contribution in [3.05, 3.63) is 35.4 Å². The molecule has 0 spiro atoms. The summed E-state index contributed by atoms with van der Waals surface area (Å²) in [5.41, 5.74) is 1.15.